The lowest BCUT2D eigenvalue weighted by atomic mass is 9.81. The Morgan fingerprint density at radius 2 is 2.23 bits per heavy atom. The van der Waals surface area contributed by atoms with Crippen LogP contribution in [0, 0.1) is 18.3 Å². The Kier molecular flexibility index (Phi) is 3.89. The summed E-state index contributed by atoms with van der Waals surface area (Å²) >= 11 is 3.47. The first-order valence-corrected chi connectivity index (χ1v) is 8.28. The number of nitrogens with zero attached hydrogens (tertiary/aromatic N) is 1. The van der Waals surface area contributed by atoms with Gasteiger partial charge in [-0.2, -0.15) is 0 Å². The molecule has 5 nitrogen and oxygen atoms in total. The number of aliphatic carboxylic acids is 1. The van der Waals surface area contributed by atoms with Crippen LogP contribution in [0.1, 0.15) is 24.8 Å². The highest BCUT2D eigenvalue weighted by atomic mass is 79.9. The molecule has 1 aliphatic carbocycles. The summed E-state index contributed by atoms with van der Waals surface area (Å²) in [6.07, 6.45) is 2.50. The van der Waals surface area contributed by atoms with Gasteiger partial charge in [-0.3, -0.25) is 4.79 Å². The predicted octanol–water partition coefficient (Wildman–Crippen LogP) is 3.48. The molecule has 1 aromatic carbocycles. The lowest BCUT2D eigenvalue weighted by Crippen LogP contribution is -2.38. The minimum Gasteiger partial charge on any atom is -0.481 e. The summed E-state index contributed by atoms with van der Waals surface area (Å²) in [6.45, 7) is 2.79. The second-order valence-electron chi connectivity index (χ2n) is 6.30. The summed E-state index contributed by atoms with van der Waals surface area (Å²) in [5.41, 5.74) is 1.02. The van der Waals surface area contributed by atoms with Gasteiger partial charge < -0.3 is 15.3 Å². The van der Waals surface area contributed by atoms with Crippen LogP contribution in [0.25, 0.3) is 0 Å². The Morgan fingerprint density at radius 3 is 2.91 bits per heavy atom. The van der Waals surface area contributed by atoms with Gasteiger partial charge in [0.15, 0.2) is 0 Å². The number of carboxylic acids is 1. The van der Waals surface area contributed by atoms with Gasteiger partial charge in [0.25, 0.3) is 0 Å². The second-order valence-corrected chi connectivity index (χ2v) is 7.09. The molecule has 2 amide bonds. The Bertz CT molecular complexity index is 634. The van der Waals surface area contributed by atoms with Crippen LogP contribution >= 0.6 is 15.9 Å². The largest absolute Gasteiger partial charge is 0.481 e. The Labute approximate surface area is 137 Å². The zero-order valence-corrected chi connectivity index (χ0v) is 14.0. The van der Waals surface area contributed by atoms with Gasteiger partial charge in [0, 0.05) is 17.6 Å². The third-order valence-electron chi connectivity index (χ3n) is 5.02. The van der Waals surface area contributed by atoms with Crippen molar-refractivity contribution in [1.29, 1.82) is 0 Å². The number of halogens is 1. The van der Waals surface area contributed by atoms with E-state index in [0.717, 1.165) is 22.9 Å². The lowest BCUT2D eigenvalue weighted by molar-refractivity contribution is -0.149. The number of amides is 2. The van der Waals surface area contributed by atoms with Gasteiger partial charge in [-0.05, 0) is 53.2 Å². The van der Waals surface area contributed by atoms with E-state index >= 15 is 0 Å². The van der Waals surface area contributed by atoms with E-state index in [1.165, 1.54) is 0 Å². The third kappa shape index (κ3) is 2.39. The number of hydrogen-bond donors (Lipinski definition) is 2. The van der Waals surface area contributed by atoms with Crippen molar-refractivity contribution in [3.8, 4) is 0 Å². The molecule has 118 valence electrons. The smallest absolute Gasteiger partial charge is 0.321 e. The fraction of sp³-hybridized carbons (Fsp3) is 0.500. The number of carboxylic acid groups (broad SMARTS) is 1. The zero-order valence-electron chi connectivity index (χ0n) is 12.4. The maximum atomic E-state index is 12.5. The first kappa shape index (κ1) is 15.3. The van der Waals surface area contributed by atoms with Crippen LogP contribution in [0.2, 0.25) is 0 Å². The summed E-state index contributed by atoms with van der Waals surface area (Å²) in [7, 11) is 0. The first-order chi connectivity index (χ1) is 10.4. The van der Waals surface area contributed by atoms with Crippen molar-refractivity contribution in [3.63, 3.8) is 0 Å². The molecule has 0 aromatic heterocycles. The van der Waals surface area contributed by atoms with Gasteiger partial charge in [-0.1, -0.05) is 18.6 Å². The fourth-order valence-electron chi connectivity index (χ4n) is 3.73. The molecule has 22 heavy (non-hydrogen) atoms. The molecule has 1 aliphatic heterocycles. The van der Waals surface area contributed by atoms with Crippen molar-refractivity contribution >= 4 is 33.6 Å². The molecule has 0 unspecified atom stereocenters. The Hall–Kier alpha value is -1.56. The number of benzene rings is 1. The number of anilines is 1. The van der Waals surface area contributed by atoms with Crippen molar-refractivity contribution in [2.24, 2.45) is 11.3 Å². The minimum atomic E-state index is -0.762. The molecule has 2 aliphatic rings. The normalized spacial score (nSPS) is 26.8. The number of hydrogen-bond acceptors (Lipinski definition) is 2. The highest BCUT2D eigenvalue weighted by molar-refractivity contribution is 9.10. The number of likely N-dealkylation sites (tertiary alicyclic amines) is 1. The topological polar surface area (TPSA) is 69.6 Å². The van der Waals surface area contributed by atoms with Gasteiger partial charge in [-0.15, -0.1) is 0 Å². The summed E-state index contributed by atoms with van der Waals surface area (Å²) in [5, 5.41) is 12.5. The Balaban J connectivity index is 1.75. The van der Waals surface area contributed by atoms with E-state index in [0.29, 0.717) is 25.2 Å². The molecule has 6 heteroatoms. The van der Waals surface area contributed by atoms with E-state index in [2.05, 4.69) is 21.2 Å². The van der Waals surface area contributed by atoms with Crippen LogP contribution in [0.5, 0.6) is 0 Å². The van der Waals surface area contributed by atoms with Crippen molar-refractivity contribution < 1.29 is 14.7 Å². The monoisotopic (exact) mass is 366 g/mol. The molecule has 3 rings (SSSR count). The fourth-order valence-corrected chi connectivity index (χ4v) is 4.10. The van der Waals surface area contributed by atoms with Crippen LogP contribution in [-0.2, 0) is 4.79 Å². The van der Waals surface area contributed by atoms with E-state index in [1.807, 2.05) is 25.1 Å². The van der Waals surface area contributed by atoms with E-state index in [4.69, 9.17) is 0 Å². The molecule has 0 radical (unpaired) electrons. The number of aryl methyl sites for hydroxylation is 1. The first-order valence-electron chi connectivity index (χ1n) is 7.48. The quantitative estimate of drug-likeness (QED) is 0.841. The van der Waals surface area contributed by atoms with E-state index < -0.39 is 11.4 Å². The molecule has 2 atom stereocenters. The molecule has 1 heterocycles. The molecule has 2 fully saturated rings. The summed E-state index contributed by atoms with van der Waals surface area (Å²) in [6, 6.07) is 5.45. The predicted molar refractivity (Wildman–Crippen MR) is 86.9 cm³/mol. The SMILES string of the molecule is Cc1cccc(NC(=O)N2C[C@@H]3CCC[C@@]3(C(=O)O)C2)c1Br. The standard InChI is InChI=1S/C16H19BrN2O3/c1-10-4-2-6-12(13(10)17)18-15(22)19-8-11-5-3-7-16(11,9-19)14(20)21/h2,4,6,11H,3,5,7-9H2,1H3,(H,18,22)(H,20,21)/t11-,16+/m0/s1. The van der Waals surface area contributed by atoms with E-state index in [9.17, 15) is 14.7 Å². The summed E-state index contributed by atoms with van der Waals surface area (Å²) < 4.78 is 0.857. The highest BCUT2D eigenvalue weighted by Gasteiger charge is 2.55. The zero-order chi connectivity index (χ0) is 15.9. The van der Waals surface area contributed by atoms with Gasteiger partial charge >= 0.3 is 12.0 Å². The van der Waals surface area contributed by atoms with Gasteiger partial charge in [0.1, 0.15) is 0 Å². The van der Waals surface area contributed by atoms with Crippen molar-refractivity contribution in [2.45, 2.75) is 26.2 Å². The molecule has 1 saturated heterocycles. The average molecular weight is 367 g/mol. The highest BCUT2D eigenvalue weighted by Crippen LogP contribution is 2.49. The number of nitrogens with one attached hydrogen (secondary N) is 1. The Morgan fingerprint density at radius 1 is 1.45 bits per heavy atom. The van der Waals surface area contributed by atoms with Crippen LogP contribution in [0.4, 0.5) is 10.5 Å². The molecule has 1 aromatic rings. The maximum absolute atomic E-state index is 12.5. The number of urea groups is 1. The molecule has 1 saturated carbocycles. The minimum absolute atomic E-state index is 0.0803. The van der Waals surface area contributed by atoms with E-state index in [1.54, 1.807) is 4.90 Å². The van der Waals surface area contributed by atoms with Gasteiger partial charge in [-0.25, -0.2) is 4.79 Å². The number of carbonyl (C=O) groups is 2. The summed E-state index contributed by atoms with van der Waals surface area (Å²) in [5.74, 6) is -0.682. The average Bonchev–Trinajstić information content (AvgIpc) is 3.01. The number of rotatable bonds is 2. The van der Waals surface area contributed by atoms with Crippen LogP contribution in [0.3, 0.4) is 0 Å². The van der Waals surface area contributed by atoms with Crippen LogP contribution in [0.15, 0.2) is 22.7 Å². The maximum Gasteiger partial charge on any atom is 0.321 e. The lowest BCUT2D eigenvalue weighted by Gasteiger charge is -2.23. The third-order valence-corrected chi connectivity index (χ3v) is 6.07. The van der Waals surface area contributed by atoms with Crippen LogP contribution in [-0.4, -0.2) is 35.1 Å². The molecular formula is C16H19BrN2O3. The summed E-state index contributed by atoms with van der Waals surface area (Å²) in [4.78, 5) is 25.8. The molecule has 0 bridgehead atoms. The molecule has 0 spiro atoms. The molecule has 2 N–H and O–H groups in total. The van der Waals surface area contributed by atoms with Crippen LogP contribution < -0.4 is 5.32 Å². The van der Waals surface area contributed by atoms with Crippen molar-refractivity contribution in [2.75, 3.05) is 18.4 Å². The van der Waals surface area contributed by atoms with Crippen molar-refractivity contribution in [3.05, 3.63) is 28.2 Å². The molecular weight excluding hydrogens is 348 g/mol. The number of carbonyl (C=O) groups excluding carboxylic acids is 1. The van der Waals surface area contributed by atoms with E-state index in [-0.39, 0.29) is 11.9 Å². The van der Waals surface area contributed by atoms with Crippen molar-refractivity contribution in [1.82, 2.24) is 4.90 Å². The number of fused-ring (bicyclic) bond motifs is 1. The van der Waals surface area contributed by atoms with Gasteiger partial charge in [0.05, 0.1) is 11.1 Å². The second kappa shape index (κ2) is 5.57. The van der Waals surface area contributed by atoms with Gasteiger partial charge in [0.2, 0.25) is 0 Å².